The van der Waals surface area contributed by atoms with Gasteiger partial charge in [0.2, 0.25) is 11.7 Å². The van der Waals surface area contributed by atoms with Gasteiger partial charge in [-0.05, 0) is 81.2 Å². The van der Waals surface area contributed by atoms with Crippen molar-refractivity contribution < 1.29 is 19.1 Å². The molecular weight excluding hydrogens is 538 g/mol. The van der Waals surface area contributed by atoms with Crippen LogP contribution in [-0.2, 0) is 20.7 Å². The Bertz CT molecular complexity index is 1380. The highest BCUT2D eigenvalue weighted by Crippen LogP contribution is 2.48. The van der Waals surface area contributed by atoms with Crippen LogP contribution in [0, 0.1) is 17.2 Å². The number of amides is 2. The molecule has 0 spiro atoms. The highest BCUT2D eigenvalue weighted by Gasteiger charge is 2.55. The molecule has 7 atom stereocenters. The topological polar surface area (TPSA) is 169 Å². The number of aromatic nitrogens is 4. The molecule has 0 bridgehead atoms. The second-order valence-corrected chi connectivity index (χ2v) is 12.9. The molecule has 6 rings (SSSR count). The van der Waals surface area contributed by atoms with Gasteiger partial charge in [0.05, 0.1) is 12.1 Å². The maximum Gasteiger partial charge on any atom is 0.408 e. The molecule has 4 aliphatic rings. The van der Waals surface area contributed by atoms with Gasteiger partial charge >= 0.3 is 6.09 Å². The number of nitriles is 1. The van der Waals surface area contributed by atoms with Gasteiger partial charge < -0.3 is 25.1 Å². The van der Waals surface area contributed by atoms with E-state index in [0.717, 1.165) is 31.1 Å². The van der Waals surface area contributed by atoms with E-state index in [1.807, 2.05) is 11.0 Å². The van der Waals surface area contributed by atoms with E-state index in [0.29, 0.717) is 31.1 Å². The minimum atomic E-state index is -0.938. The number of hydrogen-bond donors (Lipinski definition) is 3. The molecule has 2 aliphatic heterocycles. The van der Waals surface area contributed by atoms with Crippen LogP contribution in [0.15, 0.2) is 18.2 Å². The van der Waals surface area contributed by atoms with Crippen molar-refractivity contribution in [2.45, 2.75) is 94.7 Å². The smallest absolute Gasteiger partial charge is 0.408 e. The van der Waals surface area contributed by atoms with Crippen LogP contribution in [0.1, 0.15) is 63.6 Å². The Kier molecular flexibility index (Phi) is 7.44. The van der Waals surface area contributed by atoms with Gasteiger partial charge in [0.15, 0.2) is 0 Å². The third-order valence-electron chi connectivity index (χ3n) is 8.78. The summed E-state index contributed by atoms with van der Waals surface area (Å²) >= 11 is 0. The number of aldehydes is 1. The van der Waals surface area contributed by atoms with E-state index in [1.54, 1.807) is 25.7 Å². The monoisotopic (exact) mass is 575 g/mol. The van der Waals surface area contributed by atoms with E-state index in [9.17, 15) is 19.6 Å². The number of nitrogens with zero attached hydrogens (tertiary/aromatic N) is 6. The van der Waals surface area contributed by atoms with Crippen LogP contribution >= 0.6 is 0 Å². The van der Waals surface area contributed by atoms with E-state index in [2.05, 4.69) is 49.5 Å². The minimum absolute atomic E-state index is 0.0248. The zero-order chi connectivity index (χ0) is 29.6. The van der Waals surface area contributed by atoms with Gasteiger partial charge in [0.25, 0.3) is 0 Å². The number of carbonyl (C=O) groups excluding carboxylic acids is 3. The van der Waals surface area contributed by atoms with Crippen molar-refractivity contribution in [1.29, 1.82) is 5.26 Å². The summed E-state index contributed by atoms with van der Waals surface area (Å²) in [5, 5.41) is 30.5. The van der Waals surface area contributed by atoms with E-state index in [4.69, 9.17) is 4.74 Å². The number of nitrogens with one attached hydrogen (secondary N) is 3. The number of carbonyl (C=O) groups is 3. The summed E-state index contributed by atoms with van der Waals surface area (Å²) in [7, 11) is 0. The molecule has 2 aliphatic carbocycles. The Morgan fingerprint density at radius 3 is 2.83 bits per heavy atom. The first-order valence-corrected chi connectivity index (χ1v) is 14.7. The van der Waals surface area contributed by atoms with Crippen molar-refractivity contribution in [1.82, 2.24) is 41.1 Å². The molecule has 13 nitrogen and oxygen atoms in total. The lowest BCUT2D eigenvalue weighted by molar-refractivity contribution is -0.135. The molecular formula is C29H37N9O4. The highest BCUT2D eigenvalue weighted by atomic mass is 16.6. The Hall–Kier alpha value is -3.89. The predicted octanol–water partition coefficient (Wildman–Crippen LogP) is 1.49. The van der Waals surface area contributed by atoms with Crippen molar-refractivity contribution in [2.75, 3.05) is 13.1 Å². The quantitative estimate of drug-likeness (QED) is 0.392. The van der Waals surface area contributed by atoms with Crippen LogP contribution < -0.4 is 10.6 Å². The van der Waals surface area contributed by atoms with E-state index in [1.165, 1.54) is 11.1 Å². The van der Waals surface area contributed by atoms with E-state index in [-0.39, 0.29) is 30.6 Å². The Morgan fingerprint density at radius 2 is 2.12 bits per heavy atom. The number of benzene rings is 1. The number of alkyl carbamates (subject to hydrolysis) is 1. The zero-order valence-corrected chi connectivity index (χ0v) is 24.1. The third kappa shape index (κ3) is 5.73. The number of tetrazole rings is 1. The Morgan fingerprint density at radius 1 is 1.29 bits per heavy atom. The first-order valence-electron chi connectivity index (χ1n) is 14.7. The van der Waals surface area contributed by atoms with Gasteiger partial charge in [-0.1, -0.05) is 12.1 Å². The van der Waals surface area contributed by atoms with Gasteiger partial charge in [-0.25, -0.2) is 4.79 Å². The molecule has 2 aromatic rings. The second-order valence-electron chi connectivity index (χ2n) is 12.9. The number of ether oxygens (including phenoxy) is 1. The summed E-state index contributed by atoms with van der Waals surface area (Å²) in [6.45, 7) is 5.98. The number of fused-ring (bicyclic) bond motifs is 2. The van der Waals surface area contributed by atoms with E-state index < -0.39 is 29.8 Å². The normalized spacial score (nSPS) is 29.0. The molecule has 222 valence electrons. The Labute approximate surface area is 244 Å². The van der Waals surface area contributed by atoms with Crippen molar-refractivity contribution >= 4 is 18.3 Å². The molecule has 3 heterocycles. The lowest BCUT2D eigenvalue weighted by Gasteiger charge is -2.32. The van der Waals surface area contributed by atoms with Crippen LogP contribution in [0.25, 0.3) is 11.4 Å². The molecule has 6 unspecified atom stereocenters. The fourth-order valence-corrected chi connectivity index (χ4v) is 6.84. The van der Waals surface area contributed by atoms with Gasteiger partial charge in [-0.3, -0.25) is 9.69 Å². The van der Waals surface area contributed by atoms with Gasteiger partial charge in [0.1, 0.15) is 24.0 Å². The fraction of sp³-hybridized carbons (Fsp3) is 0.621. The molecule has 1 saturated carbocycles. The summed E-state index contributed by atoms with van der Waals surface area (Å²) in [5.41, 5.74) is 2.64. The van der Waals surface area contributed by atoms with Crippen molar-refractivity contribution in [3.05, 3.63) is 29.3 Å². The largest absolute Gasteiger partial charge is 0.444 e. The minimum Gasteiger partial charge on any atom is -0.444 e. The molecule has 2 amide bonds. The maximum absolute atomic E-state index is 13.8. The number of hydrogen-bond acceptors (Lipinski definition) is 10. The first-order chi connectivity index (χ1) is 20.1. The lowest BCUT2D eigenvalue weighted by Crippen LogP contribution is -2.56. The van der Waals surface area contributed by atoms with Crippen molar-refractivity contribution in [3.63, 3.8) is 0 Å². The number of aryl methyl sites for hydroxylation is 1. The van der Waals surface area contributed by atoms with Crippen LogP contribution in [-0.4, -0.2) is 97.6 Å². The molecule has 1 aromatic carbocycles. The average molecular weight is 576 g/mol. The molecule has 3 N–H and O–H groups in total. The second kappa shape index (κ2) is 11.1. The third-order valence-corrected chi connectivity index (χ3v) is 8.78. The highest BCUT2D eigenvalue weighted by molar-refractivity contribution is 5.87. The number of piperidine rings is 1. The molecule has 2 saturated heterocycles. The summed E-state index contributed by atoms with van der Waals surface area (Å²) in [6.07, 6.45) is 4.22. The zero-order valence-electron chi connectivity index (χ0n) is 24.1. The molecule has 42 heavy (non-hydrogen) atoms. The van der Waals surface area contributed by atoms with Crippen molar-refractivity contribution in [3.8, 4) is 17.5 Å². The summed E-state index contributed by atoms with van der Waals surface area (Å²) in [5.74, 6) is 0.618. The van der Waals surface area contributed by atoms with Crippen LogP contribution in [0.3, 0.4) is 0 Å². The molecule has 13 heteroatoms. The lowest BCUT2D eigenvalue weighted by atomic mass is 10.0. The number of likely N-dealkylation sites (tertiary alicyclic amines) is 2. The first kappa shape index (κ1) is 28.2. The maximum atomic E-state index is 13.8. The summed E-state index contributed by atoms with van der Waals surface area (Å²) in [6, 6.07) is 6.82. The van der Waals surface area contributed by atoms with Gasteiger partial charge in [0, 0.05) is 36.8 Å². The SMILES string of the molecule is CC(C)(C)OC(=O)NC(CN1C[C@@H](NC2CCc3cc(-c4nn[nH]n4)ccc32)CC1C=O)C(=O)N1C(C#N)CC2CC21. The van der Waals surface area contributed by atoms with Gasteiger partial charge in [-0.15, -0.1) is 10.2 Å². The van der Waals surface area contributed by atoms with E-state index >= 15 is 0 Å². The molecule has 1 aromatic heterocycles. The fourth-order valence-electron chi connectivity index (χ4n) is 6.84. The molecule has 0 radical (unpaired) electrons. The number of H-pyrrole nitrogens is 1. The van der Waals surface area contributed by atoms with Gasteiger partial charge in [-0.2, -0.15) is 10.5 Å². The number of aromatic amines is 1. The summed E-state index contributed by atoms with van der Waals surface area (Å²) < 4.78 is 5.46. The number of rotatable bonds is 8. The van der Waals surface area contributed by atoms with Crippen LogP contribution in [0.4, 0.5) is 4.79 Å². The van der Waals surface area contributed by atoms with Crippen molar-refractivity contribution in [2.24, 2.45) is 5.92 Å². The van der Waals surface area contributed by atoms with Crippen LogP contribution in [0.5, 0.6) is 0 Å². The molecule has 3 fully saturated rings. The predicted molar refractivity (Wildman–Crippen MR) is 150 cm³/mol. The average Bonchev–Trinajstić information content (AvgIpc) is 3.41. The standard InChI is InChI=1S/C29H37N9O4/c1-29(2,3)42-28(41)32-24(27(40)38-20(12-30)9-18-10-25(18)38)14-37-13-19(11-21(37)15-39)31-23-7-5-16-8-17(4-6-22(16)23)26-33-35-36-34-26/h4,6,8,15,18-21,23-25,31H,5,7,9-11,13-14H2,1-3H3,(H,32,41)(H,33,34,35,36)/t18?,19-,20?,21?,23?,24?,25?/m0/s1. The Balaban J connectivity index is 1.14. The summed E-state index contributed by atoms with van der Waals surface area (Å²) in [4.78, 5) is 42.4. The van der Waals surface area contributed by atoms with Crippen LogP contribution in [0.2, 0.25) is 0 Å².